The molecular weight excluding hydrogens is 348 g/mol. The van der Waals surface area contributed by atoms with Crippen LogP contribution in [0.3, 0.4) is 0 Å². The molecule has 0 saturated carbocycles. The van der Waals surface area contributed by atoms with Crippen molar-refractivity contribution in [3.05, 3.63) is 47.8 Å². The second-order valence-corrected chi connectivity index (χ2v) is 7.05. The first kappa shape index (κ1) is 17.1. The number of hydrogen-bond acceptors (Lipinski definition) is 5. The number of hydrogen-bond donors (Lipinski definition) is 4. The van der Waals surface area contributed by atoms with E-state index >= 15 is 0 Å². The van der Waals surface area contributed by atoms with E-state index in [1.54, 1.807) is 24.3 Å². The average molecular weight is 364 g/mol. The molecular formula is C15H16N4O5S. The highest BCUT2D eigenvalue weighted by molar-refractivity contribution is 7.87. The Morgan fingerprint density at radius 3 is 2.32 bits per heavy atom. The average Bonchev–Trinajstić information content (AvgIpc) is 2.96. The Morgan fingerprint density at radius 2 is 1.84 bits per heavy atom. The number of aromatic nitrogens is 1. The molecule has 0 unspecified atom stereocenters. The van der Waals surface area contributed by atoms with Crippen molar-refractivity contribution >= 4 is 22.1 Å². The summed E-state index contributed by atoms with van der Waals surface area (Å²) in [6.45, 7) is 1.46. The maximum Gasteiger partial charge on any atom is 0.354 e. The van der Waals surface area contributed by atoms with Gasteiger partial charge in [-0.2, -0.15) is 8.42 Å². The summed E-state index contributed by atoms with van der Waals surface area (Å²) < 4.78 is 23.5. The topological polar surface area (TPSA) is 144 Å². The molecule has 1 amide bonds. The van der Waals surface area contributed by atoms with E-state index in [0.29, 0.717) is 15.1 Å². The molecule has 0 spiro atoms. The van der Waals surface area contributed by atoms with Gasteiger partial charge in [0.1, 0.15) is 0 Å². The van der Waals surface area contributed by atoms with Crippen molar-refractivity contribution in [2.75, 3.05) is 13.1 Å². The molecule has 1 aromatic carbocycles. The van der Waals surface area contributed by atoms with E-state index in [-0.39, 0.29) is 17.5 Å². The summed E-state index contributed by atoms with van der Waals surface area (Å²) in [5, 5.41) is 20.3. The fraction of sp³-hybridized carbons (Fsp3) is 0.200. The van der Waals surface area contributed by atoms with Crippen LogP contribution in [0.1, 0.15) is 20.8 Å². The van der Waals surface area contributed by atoms with E-state index in [1.807, 2.05) is 0 Å². The van der Waals surface area contributed by atoms with E-state index in [0.717, 1.165) is 19.3 Å². The highest BCUT2D eigenvalue weighted by Crippen LogP contribution is 2.26. The van der Waals surface area contributed by atoms with Crippen LogP contribution in [0.25, 0.3) is 11.1 Å². The molecule has 0 aliphatic carbocycles. The Kier molecular flexibility index (Phi) is 4.33. The third-order valence-electron chi connectivity index (χ3n) is 3.90. The Morgan fingerprint density at radius 1 is 1.20 bits per heavy atom. The highest BCUT2D eigenvalue weighted by Gasteiger charge is 2.23. The number of carboxylic acids is 1. The van der Waals surface area contributed by atoms with Crippen LogP contribution >= 0.6 is 0 Å². The fourth-order valence-electron chi connectivity index (χ4n) is 2.53. The number of nitrogens with two attached hydrogens (primary N) is 1. The lowest BCUT2D eigenvalue weighted by atomic mass is 10.0. The zero-order valence-corrected chi connectivity index (χ0v) is 13.8. The predicted octanol–water partition coefficient (Wildman–Crippen LogP) is -0.393. The second-order valence-electron chi connectivity index (χ2n) is 5.63. The molecule has 0 bridgehead atoms. The maximum absolute atomic E-state index is 12.1. The lowest BCUT2D eigenvalue weighted by molar-refractivity contribution is 0.0689. The van der Waals surface area contributed by atoms with Crippen LogP contribution in [0.4, 0.5) is 0 Å². The minimum Gasteiger partial charge on any atom is -0.477 e. The molecule has 1 aromatic heterocycles. The van der Waals surface area contributed by atoms with Crippen LogP contribution in [0.2, 0.25) is 0 Å². The summed E-state index contributed by atoms with van der Waals surface area (Å²) >= 11 is 0. The van der Waals surface area contributed by atoms with Crippen molar-refractivity contribution in [3.8, 4) is 11.1 Å². The zero-order valence-electron chi connectivity index (χ0n) is 13.0. The van der Waals surface area contributed by atoms with Gasteiger partial charge >= 0.3 is 16.2 Å². The molecule has 0 radical (unpaired) electrons. The third-order valence-corrected chi connectivity index (χ3v) is 4.76. The third kappa shape index (κ3) is 3.40. The van der Waals surface area contributed by atoms with Crippen molar-refractivity contribution < 1.29 is 23.1 Å². The van der Waals surface area contributed by atoms with Gasteiger partial charge in [-0.25, -0.2) is 13.9 Å². The minimum absolute atomic E-state index is 0.106. The minimum atomic E-state index is -4.23. The summed E-state index contributed by atoms with van der Waals surface area (Å²) in [6, 6.07) is 7.68. The van der Waals surface area contributed by atoms with Crippen LogP contribution in [-0.2, 0) is 10.2 Å². The number of aromatic carboxylic acids is 1. The van der Waals surface area contributed by atoms with Crippen LogP contribution < -0.4 is 15.8 Å². The molecule has 10 heteroatoms. The van der Waals surface area contributed by atoms with Gasteiger partial charge in [0.15, 0.2) is 5.69 Å². The van der Waals surface area contributed by atoms with Crippen LogP contribution in [-0.4, -0.2) is 48.5 Å². The first-order valence-corrected chi connectivity index (χ1v) is 8.87. The molecule has 1 fully saturated rings. The number of nitrogens with zero attached hydrogens (tertiary/aromatic N) is 1. The Bertz CT molecular complexity index is 929. The zero-order chi connectivity index (χ0) is 18.2. The number of rotatable bonds is 5. The molecule has 132 valence electrons. The molecule has 1 saturated heterocycles. The number of carbonyl (C=O) groups excluding carboxylic acids is 1. The summed E-state index contributed by atoms with van der Waals surface area (Å²) in [5.74, 6) is -1.65. The van der Waals surface area contributed by atoms with Crippen molar-refractivity contribution in [2.24, 2.45) is 5.14 Å². The largest absolute Gasteiger partial charge is 0.477 e. The molecule has 5 N–H and O–H groups in total. The summed E-state index contributed by atoms with van der Waals surface area (Å²) in [6.07, 6.45) is 1.08. The molecule has 0 atom stereocenters. The van der Waals surface area contributed by atoms with E-state index < -0.39 is 21.9 Å². The van der Waals surface area contributed by atoms with Gasteiger partial charge in [0.2, 0.25) is 0 Å². The first-order valence-electron chi connectivity index (χ1n) is 7.37. The normalized spacial score (nSPS) is 14.8. The standard InChI is InChI=1S/C15H16N4O5S/c16-25(23,24)19-6-5-12(13(19)15(21)22)9-1-3-10(4-2-9)14(20)18-11-7-17-8-11/h1-6,11,17H,7-8H2,(H,18,20)(H,21,22)(H2,16,23,24). The van der Waals surface area contributed by atoms with Gasteiger partial charge < -0.3 is 15.7 Å². The van der Waals surface area contributed by atoms with Gasteiger partial charge in [-0.1, -0.05) is 12.1 Å². The number of carboxylic acid groups (broad SMARTS) is 1. The van der Waals surface area contributed by atoms with Crippen LogP contribution in [0.5, 0.6) is 0 Å². The van der Waals surface area contributed by atoms with Gasteiger partial charge in [-0.05, 0) is 23.8 Å². The lowest BCUT2D eigenvalue weighted by Gasteiger charge is -2.27. The van der Waals surface area contributed by atoms with Gasteiger partial charge in [0, 0.05) is 30.4 Å². The number of amides is 1. The molecule has 25 heavy (non-hydrogen) atoms. The van der Waals surface area contributed by atoms with Gasteiger partial charge in [-0.15, -0.1) is 0 Å². The second kappa shape index (κ2) is 6.31. The van der Waals surface area contributed by atoms with E-state index in [2.05, 4.69) is 10.6 Å². The first-order chi connectivity index (χ1) is 11.8. The Labute approximate surface area is 143 Å². The van der Waals surface area contributed by atoms with Crippen molar-refractivity contribution in [1.29, 1.82) is 0 Å². The maximum atomic E-state index is 12.1. The quantitative estimate of drug-likeness (QED) is 0.569. The highest BCUT2D eigenvalue weighted by atomic mass is 32.2. The fourth-order valence-corrected chi connectivity index (χ4v) is 3.19. The lowest BCUT2D eigenvalue weighted by Crippen LogP contribution is -2.56. The molecule has 1 aliphatic rings. The van der Waals surface area contributed by atoms with Gasteiger partial charge in [0.05, 0.1) is 6.04 Å². The number of nitrogens with one attached hydrogen (secondary N) is 2. The SMILES string of the molecule is NS(=O)(=O)n1ccc(-c2ccc(C(=O)NC3CNC3)cc2)c1C(=O)O. The van der Waals surface area contributed by atoms with Gasteiger partial charge in [-0.3, -0.25) is 4.79 Å². The predicted molar refractivity (Wildman–Crippen MR) is 89.5 cm³/mol. The molecule has 1 aliphatic heterocycles. The summed E-state index contributed by atoms with van der Waals surface area (Å²) in [4.78, 5) is 23.5. The van der Waals surface area contributed by atoms with Crippen molar-refractivity contribution in [3.63, 3.8) is 0 Å². The molecule has 2 aromatic rings. The van der Waals surface area contributed by atoms with Crippen molar-refractivity contribution in [2.45, 2.75) is 6.04 Å². The molecule has 3 rings (SSSR count). The Hall–Kier alpha value is -2.69. The van der Waals surface area contributed by atoms with E-state index in [1.165, 1.54) is 6.07 Å². The van der Waals surface area contributed by atoms with Crippen LogP contribution in [0, 0.1) is 0 Å². The number of benzene rings is 1. The summed E-state index contributed by atoms with van der Waals surface area (Å²) in [7, 11) is -4.23. The Balaban J connectivity index is 1.91. The van der Waals surface area contributed by atoms with Crippen molar-refractivity contribution in [1.82, 2.24) is 14.6 Å². The van der Waals surface area contributed by atoms with E-state index in [4.69, 9.17) is 5.14 Å². The molecule has 2 heterocycles. The smallest absolute Gasteiger partial charge is 0.354 e. The monoisotopic (exact) mass is 364 g/mol. The van der Waals surface area contributed by atoms with Crippen LogP contribution in [0.15, 0.2) is 36.5 Å². The summed E-state index contributed by atoms with van der Waals surface area (Å²) in [5.41, 5.74) is 0.622. The van der Waals surface area contributed by atoms with E-state index in [9.17, 15) is 23.1 Å². The molecule has 9 nitrogen and oxygen atoms in total. The number of carbonyl (C=O) groups is 2. The van der Waals surface area contributed by atoms with Gasteiger partial charge in [0.25, 0.3) is 5.91 Å².